The Hall–Kier alpha value is -0.450. The molecule has 0 saturated carbocycles. The predicted molar refractivity (Wildman–Crippen MR) is 73.1 cm³/mol. The monoisotopic (exact) mass is 254 g/mol. The summed E-state index contributed by atoms with van der Waals surface area (Å²) in [6.45, 7) is 4.87. The Morgan fingerprint density at radius 3 is 2.76 bits per heavy atom. The van der Waals surface area contributed by atoms with Gasteiger partial charge in [-0.1, -0.05) is 6.92 Å². The lowest BCUT2D eigenvalue weighted by atomic mass is 9.90. The van der Waals surface area contributed by atoms with Crippen molar-refractivity contribution in [1.29, 1.82) is 0 Å². The molecule has 0 radical (unpaired) electrons. The predicted octanol–water partition coefficient (Wildman–Crippen LogP) is 2.33. The zero-order valence-electron chi connectivity index (χ0n) is 10.5. The van der Waals surface area contributed by atoms with Crippen LogP contribution in [0, 0.1) is 0 Å². The molecule has 0 atom stereocenters. The van der Waals surface area contributed by atoms with Gasteiger partial charge in [-0.25, -0.2) is 0 Å². The number of hydrogen-bond acceptors (Lipinski definition) is 4. The minimum absolute atomic E-state index is 0.187. The smallest absolute Gasteiger partial charge is 0.117 e. The van der Waals surface area contributed by atoms with Gasteiger partial charge in [0.25, 0.3) is 0 Å². The summed E-state index contributed by atoms with van der Waals surface area (Å²) in [5.41, 5.74) is 6.25. The maximum absolute atomic E-state index is 6.06. The van der Waals surface area contributed by atoms with Crippen molar-refractivity contribution < 1.29 is 4.42 Å². The van der Waals surface area contributed by atoms with Gasteiger partial charge < -0.3 is 10.2 Å². The number of nitrogens with zero attached hydrogens (tertiary/aromatic N) is 1. The van der Waals surface area contributed by atoms with E-state index in [2.05, 4.69) is 11.8 Å². The summed E-state index contributed by atoms with van der Waals surface area (Å²) in [5, 5.41) is 0. The summed E-state index contributed by atoms with van der Waals surface area (Å²) < 4.78 is 5.46. The Morgan fingerprint density at radius 2 is 2.24 bits per heavy atom. The molecule has 0 amide bonds. The average Bonchev–Trinajstić information content (AvgIpc) is 2.89. The van der Waals surface area contributed by atoms with E-state index >= 15 is 0 Å². The molecule has 1 aliphatic rings. The second-order valence-corrected chi connectivity index (χ2v) is 5.86. The number of hydrogen-bond donors (Lipinski definition) is 1. The van der Waals surface area contributed by atoms with Crippen LogP contribution in [0.1, 0.15) is 25.5 Å². The Bertz CT molecular complexity index is 320. The third-order valence-corrected chi connectivity index (χ3v) is 4.77. The minimum atomic E-state index is 0.187. The number of furan rings is 1. The summed E-state index contributed by atoms with van der Waals surface area (Å²) in [6, 6.07) is 4.00. The molecule has 4 heteroatoms. The van der Waals surface area contributed by atoms with Gasteiger partial charge in [-0.15, -0.1) is 0 Å². The van der Waals surface area contributed by atoms with Crippen molar-refractivity contribution in [3.8, 4) is 0 Å². The van der Waals surface area contributed by atoms with E-state index in [-0.39, 0.29) is 5.54 Å². The van der Waals surface area contributed by atoms with Gasteiger partial charge in [-0.05, 0) is 43.0 Å². The van der Waals surface area contributed by atoms with Crippen molar-refractivity contribution in [2.24, 2.45) is 5.73 Å². The highest BCUT2D eigenvalue weighted by Crippen LogP contribution is 2.32. The molecule has 17 heavy (non-hydrogen) atoms. The van der Waals surface area contributed by atoms with Crippen molar-refractivity contribution in [2.75, 3.05) is 24.6 Å². The van der Waals surface area contributed by atoms with E-state index in [4.69, 9.17) is 10.2 Å². The largest absolute Gasteiger partial charge is 0.468 e. The van der Waals surface area contributed by atoms with Crippen LogP contribution >= 0.6 is 11.8 Å². The molecular weight excluding hydrogens is 232 g/mol. The van der Waals surface area contributed by atoms with Crippen molar-refractivity contribution in [3.05, 3.63) is 24.2 Å². The summed E-state index contributed by atoms with van der Waals surface area (Å²) in [4.78, 5) is 2.49. The van der Waals surface area contributed by atoms with E-state index < -0.39 is 0 Å². The lowest BCUT2D eigenvalue weighted by molar-refractivity contribution is 0.0752. The highest BCUT2D eigenvalue weighted by molar-refractivity contribution is 7.99. The normalized spacial score (nSPS) is 19.7. The molecule has 0 aromatic carbocycles. The Kier molecular flexibility index (Phi) is 4.54. The first-order valence-corrected chi connectivity index (χ1v) is 7.51. The molecule has 1 fully saturated rings. The van der Waals surface area contributed by atoms with Gasteiger partial charge in [0.1, 0.15) is 5.76 Å². The zero-order chi connectivity index (χ0) is 12.1. The second-order valence-electron chi connectivity index (χ2n) is 4.63. The highest BCUT2D eigenvalue weighted by Gasteiger charge is 2.36. The number of rotatable bonds is 5. The molecule has 3 nitrogen and oxygen atoms in total. The van der Waals surface area contributed by atoms with Crippen LogP contribution in [-0.2, 0) is 6.54 Å². The molecule has 1 saturated heterocycles. The highest BCUT2D eigenvalue weighted by atomic mass is 32.2. The van der Waals surface area contributed by atoms with E-state index in [0.29, 0.717) is 0 Å². The fraction of sp³-hybridized carbons (Fsp3) is 0.692. The third kappa shape index (κ3) is 2.87. The molecule has 0 bridgehead atoms. The standard InChI is InChI=1S/C13H22N2OS/c1-2-15(10-12-4-3-7-16-12)13(11-14)5-8-17-9-6-13/h3-4,7H,2,5-6,8-11,14H2,1H3. The van der Waals surface area contributed by atoms with E-state index in [1.54, 1.807) is 6.26 Å². The topological polar surface area (TPSA) is 42.4 Å². The van der Waals surface area contributed by atoms with E-state index in [1.807, 2.05) is 23.9 Å². The Balaban J connectivity index is 2.09. The van der Waals surface area contributed by atoms with E-state index in [9.17, 15) is 0 Å². The summed E-state index contributed by atoms with van der Waals surface area (Å²) in [7, 11) is 0. The SMILES string of the molecule is CCN(Cc1ccco1)C1(CN)CCSCC1. The molecule has 0 spiro atoms. The van der Waals surface area contributed by atoms with Crippen LogP contribution in [0.3, 0.4) is 0 Å². The van der Waals surface area contributed by atoms with Crippen LogP contribution in [0.25, 0.3) is 0 Å². The molecular formula is C13H22N2OS. The third-order valence-electron chi connectivity index (χ3n) is 3.78. The van der Waals surface area contributed by atoms with Crippen LogP contribution in [0.15, 0.2) is 22.8 Å². The Labute approximate surface area is 108 Å². The summed E-state index contributed by atoms with van der Waals surface area (Å²) >= 11 is 2.04. The van der Waals surface area contributed by atoms with Crippen molar-refractivity contribution in [3.63, 3.8) is 0 Å². The molecule has 0 unspecified atom stereocenters. The molecule has 0 aliphatic carbocycles. The van der Waals surface area contributed by atoms with Gasteiger partial charge in [-0.3, -0.25) is 4.90 Å². The van der Waals surface area contributed by atoms with E-state index in [0.717, 1.165) is 25.4 Å². The van der Waals surface area contributed by atoms with Crippen LogP contribution in [0.2, 0.25) is 0 Å². The van der Waals surface area contributed by atoms with Crippen molar-refractivity contribution in [2.45, 2.75) is 31.8 Å². The van der Waals surface area contributed by atoms with Gasteiger partial charge in [0.2, 0.25) is 0 Å². The first-order chi connectivity index (χ1) is 8.30. The van der Waals surface area contributed by atoms with Crippen LogP contribution in [0.5, 0.6) is 0 Å². The van der Waals surface area contributed by atoms with Crippen LogP contribution < -0.4 is 5.73 Å². The fourth-order valence-electron chi connectivity index (χ4n) is 2.61. The lowest BCUT2D eigenvalue weighted by Gasteiger charge is -2.45. The van der Waals surface area contributed by atoms with Gasteiger partial charge in [-0.2, -0.15) is 11.8 Å². The van der Waals surface area contributed by atoms with Gasteiger partial charge in [0.15, 0.2) is 0 Å². The Morgan fingerprint density at radius 1 is 1.47 bits per heavy atom. The molecule has 1 aromatic rings. The minimum Gasteiger partial charge on any atom is -0.468 e. The second kappa shape index (κ2) is 5.94. The molecule has 1 aromatic heterocycles. The number of thioether (sulfide) groups is 1. The average molecular weight is 254 g/mol. The maximum atomic E-state index is 6.06. The van der Waals surface area contributed by atoms with Crippen LogP contribution in [-0.4, -0.2) is 35.0 Å². The molecule has 1 aliphatic heterocycles. The first kappa shape index (κ1) is 13.0. The molecule has 96 valence electrons. The molecule has 2 rings (SSSR count). The number of likely N-dealkylation sites (N-methyl/N-ethyl adjacent to an activating group) is 1. The number of nitrogens with two attached hydrogens (primary N) is 1. The van der Waals surface area contributed by atoms with Crippen LogP contribution in [0.4, 0.5) is 0 Å². The maximum Gasteiger partial charge on any atom is 0.117 e. The zero-order valence-corrected chi connectivity index (χ0v) is 11.3. The summed E-state index contributed by atoms with van der Waals surface area (Å²) in [6.07, 6.45) is 4.14. The quantitative estimate of drug-likeness (QED) is 0.875. The first-order valence-electron chi connectivity index (χ1n) is 6.36. The molecule has 2 N–H and O–H groups in total. The van der Waals surface area contributed by atoms with Gasteiger partial charge in [0.05, 0.1) is 12.8 Å². The van der Waals surface area contributed by atoms with Gasteiger partial charge >= 0.3 is 0 Å². The lowest BCUT2D eigenvalue weighted by Crippen LogP contribution is -2.55. The van der Waals surface area contributed by atoms with Crippen molar-refractivity contribution >= 4 is 11.8 Å². The van der Waals surface area contributed by atoms with Gasteiger partial charge in [0, 0.05) is 12.1 Å². The van der Waals surface area contributed by atoms with E-state index in [1.165, 1.54) is 24.3 Å². The summed E-state index contributed by atoms with van der Waals surface area (Å²) in [5.74, 6) is 3.50. The fourth-order valence-corrected chi connectivity index (χ4v) is 3.86. The van der Waals surface area contributed by atoms with Crippen molar-refractivity contribution in [1.82, 2.24) is 4.90 Å². The molecule has 2 heterocycles.